The molecular formula is C16H24N4O. The Hall–Kier alpha value is -1.91. The molecule has 1 aromatic heterocycles. The molecule has 114 valence electrons. The van der Waals surface area contributed by atoms with Crippen LogP contribution in [-0.2, 0) is 4.79 Å². The summed E-state index contributed by atoms with van der Waals surface area (Å²) in [5.74, 6) is 0.740. The minimum atomic E-state index is 0.127. The van der Waals surface area contributed by atoms with Crippen molar-refractivity contribution < 1.29 is 4.79 Å². The zero-order valence-corrected chi connectivity index (χ0v) is 12.5. The maximum atomic E-state index is 11.7. The summed E-state index contributed by atoms with van der Waals surface area (Å²) >= 11 is 0. The Kier molecular flexibility index (Phi) is 6.71. The van der Waals surface area contributed by atoms with Crippen LogP contribution < -0.4 is 10.6 Å². The lowest BCUT2D eigenvalue weighted by Crippen LogP contribution is -2.25. The highest BCUT2D eigenvalue weighted by molar-refractivity contribution is 5.75. The monoisotopic (exact) mass is 288 g/mol. The summed E-state index contributed by atoms with van der Waals surface area (Å²) in [6.45, 7) is 1.47. The Balaban J connectivity index is 1.50. The predicted molar refractivity (Wildman–Crippen MR) is 83.9 cm³/mol. The number of hydrogen-bond acceptors (Lipinski definition) is 4. The fourth-order valence-electron chi connectivity index (χ4n) is 2.42. The number of rotatable bonds is 8. The summed E-state index contributed by atoms with van der Waals surface area (Å²) in [7, 11) is 0. The van der Waals surface area contributed by atoms with Gasteiger partial charge in [-0.1, -0.05) is 11.6 Å². The minimum absolute atomic E-state index is 0.127. The van der Waals surface area contributed by atoms with Crippen molar-refractivity contribution in [2.24, 2.45) is 0 Å². The molecule has 0 fully saturated rings. The quantitative estimate of drug-likeness (QED) is 0.570. The molecule has 0 atom stereocenters. The van der Waals surface area contributed by atoms with Crippen molar-refractivity contribution in [2.75, 3.05) is 18.4 Å². The summed E-state index contributed by atoms with van der Waals surface area (Å²) in [5.41, 5.74) is 1.50. The van der Waals surface area contributed by atoms with E-state index in [-0.39, 0.29) is 5.91 Å². The van der Waals surface area contributed by atoms with Crippen LogP contribution in [0.4, 0.5) is 5.95 Å². The summed E-state index contributed by atoms with van der Waals surface area (Å²) in [6, 6.07) is 1.78. The summed E-state index contributed by atoms with van der Waals surface area (Å²) < 4.78 is 0. The normalized spacial score (nSPS) is 14.4. The van der Waals surface area contributed by atoms with Crippen molar-refractivity contribution in [1.82, 2.24) is 15.3 Å². The van der Waals surface area contributed by atoms with Crippen molar-refractivity contribution in [3.8, 4) is 0 Å². The van der Waals surface area contributed by atoms with Gasteiger partial charge in [-0.15, -0.1) is 0 Å². The van der Waals surface area contributed by atoms with E-state index in [1.807, 2.05) is 0 Å². The molecule has 0 bridgehead atoms. The number of anilines is 1. The van der Waals surface area contributed by atoms with Crippen LogP contribution >= 0.6 is 0 Å². The molecule has 1 amide bonds. The van der Waals surface area contributed by atoms with E-state index in [9.17, 15) is 4.79 Å². The number of carbonyl (C=O) groups excluding carboxylic acids is 1. The first-order valence-corrected chi connectivity index (χ1v) is 7.80. The van der Waals surface area contributed by atoms with Gasteiger partial charge in [0.2, 0.25) is 11.9 Å². The van der Waals surface area contributed by atoms with Gasteiger partial charge in [-0.05, 0) is 44.6 Å². The predicted octanol–water partition coefficient (Wildman–Crippen LogP) is 2.68. The SMILES string of the molecule is O=C(CCCNc1ncccn1)NCCC1=CCCCC1. The molecule has 0 spiro atoms. The zero-order valence-electron chi connectivity index (χ0n) is 12.5. The molecule has 0 aliphatic heterocycles. The van der Waals surface area contributed by atoms with Gasteiger partial charge < -0.3 is 10.6 Å². The molecule has 1 heterocycles. The first kappa shape index (κ1) is 15.5. The Morgan fingerprint density at radius 1 is 1.19 bits per heavy atom. The Morgan fingerprint density at radius 3 is 2.81 bits per heavy atom. The molecule has 2 N–H and O–H groups in total. The van der Waals surface area contributed by atoms with E-state index < -0.39 is 0 Å². The number of aromatic nitrogens is 2. The zero-order chi connectivity index (χ0) is 14.8. The van der Waals surface area contributed by atoms with Crippen LogP contribution in [0.5, 0.6) is 0 Å². The number of amides is 1. The Bertz CT molecular complexity index is 459. The molecule has 0 unspecified atom stereocenters. The fourth-order valence-corrected chi connectivity index (χ4v) is 2.42. The van der Waals surface area contributed by atoms with Crippen LogP contribution in [-0.4, -0.2) is 29.0 Å². The van der Waals surface area contributed by atoms with Crippen LogP contribution in [0.1, 0.15) is 44.9 Å². The third-order valence-electron chi connectivity index (χ3n) is 3.58. The van der Waals surface area contributed by atoms with Crippen LogP contribution in [0.15, 0.2) is 30.1 Å². The first-order chi connectivity index (χ1) is 10.3. The highest BCUT2D eigenvalue weighted by Crippen LogP contribution is 2.19. The third-order valence-corrected chi connectivity index (χ3v) is 3.58. The number of nitrogens with zero attached hydrogens (tertiary/aromatic N) is 2. The maximum absolute atomic E-state index is 11.7. The molecule has 0 radical (unpaired) electrons. The molecule has 0 saturated heterocycles. The summed E-state index contributed by atoms with van der Waals surface area (Å²) in [6.07, 6.45) is 13.1. The number of carbonyl (C=O) groups is 1. The van der Waals surface area contributed by atoms with E-state index in [1.54, 1.807) is 18.5 Å². The largest absolute Gasteiger partial charge is 0.356 e. The molecule has 21 heavy (non-hydrogen) atoms. The van der Waals surface area contributed by atoms with Gasteiger partial charge in [0.1, 0.15) is 0 Å². The smallest absolute Gasteiger partial charge is 0.222 e. The average Bonchev–Trinajstić information content (AvgIpc) is 2.54. The van der Waals surface area contributed by atoms with Crippen molar-refractivity contribution in [2.45, 2.75) is 44.9 Å². The lowest BCUT2D eigenvalue weighted by molar-refractivity contribution is -0.121. The van der Waals surface area contributed by atoms with Gasteiger partial charge >= 0.3 is 0 Å². The molecule has 1 aliphatic rings. The van der Waals surface area contributed by atoms with Crippen molar-refractivity contribution in [3.05, 3.63) is 30.1 Å². The standard InChI is InChI=1S/C16H24N4O/c21-15(17-13-9-14-6-2-1-3-7-14)8-4-10-18-16-19-11-5-12-20-16/h5-6,11-12H,1-4,7-10,13H2,(H,17,21)(H,18,19,20). The van der Waals surface area contributed by atoms with E-state index in [1.165, 1.54) is 31.3 Å². The van der Waals surface area contributed by atoms with Crippen molar-refractivity contribution >= 4 is 11.9 Å². The van der Waals surface area contributed by atoms with Gasteiger partial charge in [-0.2, -0.15) is 0 Å². The van der Waals surface area contributed by atoms with Gasteiger partial charge in [0.05, 0.1) is 0 Å². The van der Waals surface area contributed by atoms with Crippen LogP contribution in [0.2, 0.25) is 0 Å². The molecule has 5 heteroatoms. The van der Waals surface area contributed by atoms with Crippen LogP contribution in [0, 0.1) is 0 Å². The highest BCUT2D eigenvalue weighted by atomic mass is 16.1. The first-order valence-electron chi connectivity index (χ1n) is 7.80. The van der Waals surface area contributed by atoms with Gasteiger partial charge in [0, 0.05) is 31.9 Å². The van der Waals surface area contributed by atoms with Crippen molar-refractivity contribution in [3.63, 3.8) is 0 Å². The molecule has 1 aliphatic carbocycles. The van der Waals surface area contributed by atoms with Gasteiger partial charge in [-0.25, -0.2) is 9.97 Å². The second kappa shape index (κ2) is 9.10. The lowest BCUT2D eigenvalue weighted by Gasteiger charge is -2.13. The second-order valence-electron chi connectivity index (χ2n) is 5.31. The molecule has 0 saturated carbocycles. The molecule has 5 nitrogen and oxygen atoms in total. The van der Waals surface area contributed by atoms with Crippen LogP contribution in [0.25, 0.3) is 0 Å². The van der Waals surface area contributed by atoms with E-state index in [2.05, 4.69) is 26.7 Å². The Labute approximate surface area is 126 Å². The minimum Gasteiger partial charge on any atom is -0.356 e. The lowest BCUT2D eigenvalue weighted by atomic mass is 9.97. The second-order valence-corrected chi connectivity index (χ2v) is 5.31. The summed E-state index contributed by atoms with van der Waals surface area (Å²) in [5, 5.41) is 6.09. The van der Waals surface area contributed by atoms with E-state index in [0.717, 1.165) is 19.4 Å². The maximum Gasteiger partial charge on any atom is 0.222 e. The average molecular weight is 288 g/mol. The Morgan fingerprint density at radius 2 is 2.05 bits per heavy atom. The fraction of sp³-hybridized carbons (Fsp3) is 0.562. The summed E-state index contributed by atoms with van der Waals surface area (Å²) in [4.78, 5) is 19.8. The molecular weight excluding hydrogens is 264 g/mol. The van der Waals surface area contributed by atoms with E-state index in [4.69, 9.17) is 0 Å². The molecule has 2 rings (SSSR count). The van der Waals surface area contributed by atoms with Gasteiger partial charge in [0.25, 0.3) is 0 Å². The number of nitrogens with one attached hydrogen (secondary N) is 2. The molecule has 0 aromatic carbocycles. The molecule has 1 aromatic rings. The van der Waals surface area contributed by atoms with Crippen LogP contribution in [0.3, 0.4) is 0 Å². The number of hydrogen-bond donors (Lipinski definition) is 2. The van der Waals surface area contributed by atoms with E-state index in [0.29, 0.717) is 18.9 Å². The van der Waals surface area contributed by atoms with Gasteiger partial charge in [0.15, 0.2) is 0 Å². The van der Waals surface area contributed by atoms with Crippen molar-refractivity contribution in [1.29, 1.82) is 0 Å². The van der Waals surface area contributed by atoms with E-state index >= 15 is 0 Å². The number of allylic oxidation sites excluding steroid dienone is 1. The topological polar surface area (TPSA) is 66.9 Å². The third kappa shape index (κ3) is 6.38. The highest BCUT2D eigenvalue weighted by Gasteiger charge is 2.05. The van der Waals surface area contributed by atoms with Gasteiger partial charge in [-0.3, -0.25) is 4.79 Å².